The Kier molecular flexibility index (Phi) is 10.4. The molecule has 2 aliphatic carbocycles. The summed E-state index contributed by atoms with van der Waals surface area (Å²) in [5.74, 6) is -37.9. The summed E-state index contributed by atoms with van der Waals surface area (Å²) >= 11 is 0. The van der Waals surface area contributed by atoms with E-state index in [4.69, 9.17) is 0 Å². The van der Waals surface area contributed by atoms with E-state index in [2.05, 4.69) is 6.92 Å². The SMILES string of the molecule is CCCCCC1CCC(CCC2CCC(C(F)(F)C(F)(F)C(F)(F)C(F)(F)C(F)(F)C(F)(F)F)CC2)CC1. The van der Waals surface area contributed by atoms with Crippen molar-refractivity contribution in [2.75, 3.05) is 0 Å². The van der Waals surface area contributed by atoms with Crippen LogP contribution in [0.4, 0.5) is 57.1 Å². The molecule has 38 heavy (non-hydrogen) atoms. The van der Waals surface area contributed by atoms with E-state index in [1.54, 1.807) is 0 Å². The van der Waals surface area contributed by atoms with Crippen LogP contribution in [0, 0.1) is 23.7 Å². The first-order valence-electron chi connectivity index (χ1n) is 13.2. The Hall–Kier alpha value is -0.910. The fourth-order valence-electron chi connectivity index (χ4n) is 5.81. The van der Waals surface area contributed by atoms with Crippen molar-refractivity contribution in [1.29, 1.82) is 0 Å². The lowest BCUT2D eigenvalue weighted by atomic mass is 9.72. The zero-order valence-corrected chi connectivity index (χ0v) is 21.1. The van der Waals surface area contributed by atoms with Gasteiger partial charge in [0.05, 0.1) is 0 Å². The normalized spacial score (nSPS) is 27.0. The third-order valence-corrected chi connectivity index (χ3v) is 8.48. The molecule has 0 radical (unpaired) electrons. The summed E-state index contributed by atoms with van der Waals surface area (Å²) in [6, 6.07) is 0. The largest absolute Gasteiger partial charge is 0.460 e. The van der Waals surface area contributed by atoms with Crippen molar-refractivity contribution < 1.29 is 57.1 Å². The van der Waals surface area contributed by atoms with Crippen molar-refractivity contribution in [3.05, 3.63) is 0 Å². The average Bonchev–Trinajstić information content (AvgIpc) is 2.82. The van der Waals surface area contributed by atoms with E-state index in [0.29, 0.717) is 18.3 Å². The molecule has 0 N–H and O–H groups in total. The fourth-order valence-corrected chi connectivity index (χ4v) is 5.81. The first kappa shape index (κ1) is 33.3. The molecule has 226 valence electrons. The maximum absolute atomic E-state index is 14.5. The highest BCUT2D eigenvalue weighted by molar-refractivity contribution is 5.11. The van der Waals surface area contributed by atoms with Crippen LogP contribution in [0.15, 0.2) is 0 Å². The zero-order chi connectivity index (χ0) is 29.2. The van der Waals surface area contributed by atoms with Crippen LogP contribution in [-0.4, -0.2) is 35.8 Å². The molecule has 2 fully saturated rings. The second-order valence-electron chi connectivity index (χ2n) is 11.1. The van der Waals surface area contributed by atoms with Crippen molar-refractivity contribution in [1.82, 2.24) is 0 Å². The molecule has 0 aromatic rings. The monoisotopic (exact) mass is 582 g/mol. The van der Waals surface area contributed by atoms with Gasteiger partial charge in [0.15, 0.2) is 0 Å². The Labute approximate surface area is 214 Å². The van der Waals surface area contributed by atoms with Crippen molar-refractivity contribution in [3.63, 3.8) is 0 Å². The van der Waals surface area contributed by atoms with E-state index in [9.17, 15) is 57.1 Å². The van der Waals surface area contributed by atoms with Crippen LogP contribution in [0.1, 0.15) is 96.8 Å². The number of unbranched alkanes of at least 4 members (excludes halogenated alkanes) is 2. The maximum atomic E-state index is 14.5. The second-order valence-corrected chi connectivity index (χ2v) is 11.1. The van der Waals surface area contributed by atoms with Gasteiger partial charge in [-0.3, -0.25) is 0 Å². The van der Waals surface area contributed by atoms with Gasteiger partial charge in [0.1, 0.15) is 0 Å². The van der Waals surface area contributed by atoms with E-state index in [0.717, 1.165) is 38.5 Å². The fraction of sp³-hybridized carbons (Fsp3) is 1.00. The highest BCUT2D eigenvalue weighted by Gasteiger charge is 2.91. The molecule has 13 heteroatoms. The summed E-state index contributed by atoms with van der Waals surface area (Å²) in [5.41, 5.74) is 0. The molecule has 2 rings (SSSR count). The predicted octanol–water partition coefficient (Wildman–Crippen LogP) is 10.7. The Morgan fingerprint density at radius 1 is 0.447 bits per heavy atom. The molecule has 0 atom stereocenters. The topological polar surface area (TPSA) is 0 Å². The summed E-state index contributed by atoms with van der Waals surface area (Å²) in [4.78, 5) is 0. The molecule has 0 spiro atoms. The molecule has 0 heterocycles. The lowest BCUT2D eigenvalue weighted by Crippen LogP contribution is -2.71. The third-order valence-electron chi connectivity index (χ3n) is 8.48. The van der Waals surface area contributed by atoms with Gasteiger partial charge in [0.25, 0.3) is 0 Å². The van der Waals surface area contributed by atoms with Crippen molar-refractivity contribution in [2.24, 2.45) is 23.7 Å². The molecule has 0 unspecified atom stereocenters. The maximum Gasteiger partial charge on any atom is 0.460 e. The van der Waals surface area contributed by atoms with Gasteiger partial charge in [-0.15, -0.1) is 0 Å². The Morgan fingerprint density at radius 3 is 1.21 bits per heavy atom. The summed E-state index contributed by atoms with van der Waals surface area (Å²) in [6.45, 7) is 2.13. The Bertz CT molecular complexity index is 728. The average molecular weight is 583 g/mol. The van der Waals surface area contributed by atoms with Gasteiger partial charge in [0, 0.05) is 5.92 Å². The highest BCUT2D eigenvalue weighted by atomic mass is 19.4. The first-order valence-corrected chi connectivity index (χ1v) is 13.2. The van der Waals surface area contributed by atoms with Crippen LogP contribution in [0.3, 0.4) is 0 Å². The Morgan fingerprint density at radius 2 is 0.816 bits per heavy atom. The van der Waals surface area contributed by atoms with Gasteiger partial charge in [-0.25, -0.2) is 0 Å². The lowest BCUT2D eigenvalue weighted by molar-refractivity contribution is -0.443. The quantitative estimate of drug-likeness (QED) is 0.159. The summed E-state index contributed by atoms with van der Waals surface area (Å²) in [6.07, 6.45) is 1.18. The lowest BCUT2D eigenvalue weighted by Gasteiger charge is -2.43. The van der Waals surface area contributed by atoms with Crippen molar-refractivity contribution >= 4 is 0 Å². The minimum atomic E-state index is -7.82. The molecule has 0 nitrogen and oxygen atoms in total. The molecule has 0 aromatic carbocycles. The number of halogens is 13. The van der Waals surface area contributed by atoms with Gasteiger partial charge in [-0.2, -0.15) is 57.1 Å². The highest BCUT2D eigenvalue weighted by Crippen LogP contribution is 2.62. The molecule has 0 bridgehead atoms. The van der Waals surface area contributed by atoms with Crippen LogP contribution in [-0.2, 0) is 0 Å². The van der Waals surface area contributed by atoms with E-state index >= 15 is 0 Å². The number of rotatable bonds is 12. The van der Waals surface area contributed by atoms with Crippen molar-refractivity contribution in [3.8, 4) is 0 Å². The van der Waals surface area contributed by atoms with Gasteiger partial charge in [-0.05, 0) is 43.4 Å². The first-order chi connectivity index (χ1) is 17.2. The van der Waals surface area contributed by atoms with Gasteiger partial charge >= 0.3 is 35.8 Å². The molecule has 2 aliphatic rings. The minimum Gasteiger partial charge on any atom is -0.199 e. The number of hydrogen-bond donors (Lipinski definition) is 0. The van der Waals surface area contributed by atoms with E-state index < -0.39 is 54.5 Å². The molecular weight excluding hydrogens is 547 g/mol. The summed E-state index contributed by atoms with van der Waals surface area (Å²) < 4.78 is 174. The van der Waals surface area contributed by atoms with Crippen molar-refractivity contribution in [2.45, 2.75) is 133 Å². The van der Waals surface area contributed by atoms with E-state index in [1.807, 2.05) is 0 Å². The smallest absolute Gasteiger partial charge is 0.199 e. The number of alkyl halides is 13. The van der Waals surface area contributed by atoms with Crippen LogP contribution >= 0.6 is 0 Å². The van der Waals surface area contributed by atoms with Crippen LogP contribution in [0.5, 0.6) is 0 Å². The molecule has 0 aromatic heterocycles. The summed E-state index contributed by atoms with van der Waals surface area (Å²) in [5, 5.41) is 0. The molecule has 2 saturated carbocycles. The molecule has 0 aliphatic heterocycles. The van der Waals surface area contributed by atoms with E-state index in [-0.39, 0.29) is 18.8 Å². The van der Waals surface area contributed by atoms with Crippen LogP contribution < -0.4 is 0 Å². The minimum absolute atomic E-state index is 0.0939. The standard InChI is InChI=1S/C25H35F13/c1-2-3-4-5-16-6-8-17(9-7-16)10-11-18-12-14-19(15-13-18)20(26,27)21(28,29)22(30,31)23(32,33)24(34,35)25(36,37)38/h16-19H,2-15H2,1H3. The zero-order valence-electron chi connectivity index (χ0n) is 21.1. The van der Waals surface area contributed by atoms with Gasteiger partial charge < -0.3 is 0 Å². The predicted molar refractivity (Wildman–Crippen MR) is 115 cm³/mol. The van der Waals surface area contributed by atoms with Crippen LogP contribution in [0.2, 0.25) is 0 Å². The van der Waals surface area contributed by atoms with Gasteiger partial charge in [0.2, 0.25) is 0 Å². The Balaban J connectivity index is 1.95. The van der Waals surface area contributed by atoms with Crippen LogP contribution in [0.25, 0.3) is 0 Å². The van der Waals surface area contributed by atoms with E-state index in [1.165, 1.54) is 19.3 Å². The number of hydrogen-bond acceptors (Lipinski definition) is 0. The summed E-state index contributed by atoms with van der Waals surface area (Å²) in [7, 11) is 0. The molecule has 0 saturated heterocycles. The molecule has 0 amide bonds. The van der Waals surface area contributed by atoms with Gasteiger partial charge in [-0.1, -0.05) is 71.1 Å². The molecular formula is C25H35F13. The second kappa shape index (κ2) is 11.9. The third kappa shape index (κ3) is 6.36.